The summed E-state index contributed by atoms with van der Waals surface area (Å²) in [6.07, 6.45) is -0.777. The molecule has 0 spiro atoms. The second-order valence-corrected chi connectivity index (χ2v) is 5.57. The van der Waals surface area contributed by atoms with Gasteiger partial charge in [0.15, 0.2) is 11.6 Å². The third-order valence-electron chi connectivity index (χ3n) is 3.87. The third kappa shape index (κ3) is 4.27. The minimum absolute atomic E-state index is 0.116. The highest BCUT2D eigenvalue weighted by Gasteiger charge is 2.19. The van der Waals surface area contributed by atoms with Gasteiger partial charge in [0.25, 0.3) is 0 Å². The van der Waals surface area contributed by atoms with Gasteiger partial charge in [-0.15, -0.1) is 0 Å². The number of rotatable bonds is 6. The Morgan fingerprint density at radius 2 is 1.61 bits per heavy atom. The molecule has 2 N–H and O–H groups in total. The topological polar surface area (TPSA) is 41.5 Å². The summed E-state index contributed by atoms with van der Waals surface area (Å²) in [5.41, 5.74) is 1.48. The SMILES string of the molecule is COc1cc(C(C)NC(C)C(O)c2ccc(F)cc2)ccc1F. The zero-order chi connectivity index (χ0) is 17.0. The normalized spacial score (nSPS) is 15.0. The Hall–Kier alpha value is -1.98. The van der Waals surface area contributed by atoms with E-state index in [1.807, 2.05) is 13.8 Å². The number of aliphatic hydroxyl groups is 1. The van der Waals surface area contributed by atoms with Crippen LogP contribution in [-0.4, -0.2) is 18.3 Å². The highest BCUT2D eigenvalue weighted by atomic mass is 19.1. The van der Waals surface area contributed by atoms with Crippen molar-refractivity contribution in [1.29, 1.82) is 0 Å². The Kier molecular flexibility index (Phi) is 5.69. The summed E-state index contributed by atoms with van der Waals surface area (Å²) in [5.74, 6) is -0.570. The minimum atomic E-state index is -0.777. The first kappa shape index (κ1) is 17.4. The maximum absolute atomic E-state index is 13.5. The molecule has 0 fully saturated rings. The fraction of sp³-hybridized carbons (Fsp3) is 0.333. The van der Waals surface area contributed by atoms with Crippen molar-refractivity contribution >= 4 is 0 Å². The molecule has 124 valence electrons. The van der Waals surface area contributed by atoms with Crippen LogP contribution in [0.5, 0.6) is 5.75 Å². The Labute approximate surface area is 134 Å². The summed E-state index contributed by atoms with van der Waals surface area (Å²) in [6.45, 7) is 3.76. The summed E-state index contributed by atoms with van der Waals surface area (Å²) in [6, 6.07) is 10.0. The lowest BCUT2D eigenvalue weighted by Crippen LogP contribution is -2.34. The Balaban J connectivity index is 2.06. The van der Waals surface area contributed by atoms with Crippen molar-refractivity contribution in [2.75, 3.05) is 7.11 Å². The van der Waals surface area contributed by atoms with Gasteiger partial charge in [0, 0.05) is 12.1 Å². The lowest BCUT2D eigenvalue weighted by atomic mass is 10.0. The molecule has 0 aliphatic heterocycles. The summed E-state index contributed by atoms with van der Waals surface area (Å²) in [5, 5.41) is 13.6. The van der Waals surface area contributed by atoms with Crippen molar-refractivity contribution in [2.24, 2.45) is 0 Å². The number of benzene rings is 2. The standard InChI is InChI=1S/C18H21F2NO2/c1-11(14-6-9-16(20)17(10-14)23-3)21-12(2)18(22)13-4-7-15(19)8-5-13/h4-12,18,21-22H,1-3H3. The molecule has 3 nitrogen and oxygen atoms in total. The number of halogens is 2. The van der Waals surface area contributed by atoms with Crippen LogP contribution in [0, 0.1) is 11.6 Å². The molecule has 0 saturated heterocycles. The minimum Gasteiger partial charge on any atom is -0.494 e. The number of hydrogen-bond donors (Lipinski definition) is 2. The second kappa shape index (κ2) is 7.53. The fourth-order valence-electron chi connectivity index (χ4n) is 2.48. The van der Waals surface area contributed by atoms with E-state index in [2.05, 4.69) is 5.32 Å². The zero-order valence-corrected chi connectivity index (χ0v) is 13.4. The molecule has 2 aromatic carbocycles. The number of aliphatic hydroxyl groups excluding tert-OH is 1. The molecule has 2 rings (SSSR count). The molecule has 0 bridgehead atoms. The molecule has 0 heterocycles. The van der Waals surface area contributed by atoms with E-state index in [9.17, 15) is 13.9 Å². The van der Waals surface area contributed by atoms with Crippen molar-refractivity contribution in [3.63, 3.8) is 0 Å². The molecule has 0 amide bonds. The molecule has 0 aromatic heterocycles. The van der Waals surface area contributed by atoms with Gasteiger partial charge >= 0.3 is 0 Å². The maximum Gasteiger partial charge on any atom is 0.165 e. The van der Waals surface area contributed by atoms with Crippen LogP contribution in [0.3, 0.4) is 0 Å². The van der Waals surface area contributed by atoms with Gasteiger partial charge in [-0.2, -0.15) is 0 Å². The van der Waals surface area contributed by atoms with Gasteiger partial charge in [-0.25, -0.2) is 8.78 Å². The van der Waals surface area contributed by atoms with Crippen LogP contribution in [0.2, 0.25) is 0 Å². The van der Waals surface area contributed by atoms with E-state index >= 15 is 0 Å². The van der Waals surface area contributed by atoms with Crippen molar-refractivity contribution in [3.05, 3.63) is 65.2 Å². The summed E-state index contributed by atoms with van der Waals surface area (Å²) in [7, 11) is 1.42. The highest BCUT2D eigenvalue weighted by molar-refractivity contribution is 5.32. The summed E-state index contributed by atoms with van der Waals surface area (Å²) in [4.78, 5) is 0. The molecule has 0 saturated carbocycles. The van der Waals surface area contributed by atoms with Gasteiger partial charge < -0.3 is 15.2 Å². The van der Waals surface area contributed by atoms with Crippen LogP contribution in [0.15, 0.2) is 42.5 Å². The summed E-state index contributed by atoms with van der Waals surface area (Å²) < 4.78 is 31.4. The molecule has 3 unspecified atom stereocenters. The Bertz CT molecular complexity index is 646. The monoisotopic (exact) mass is 321 g/mol. The van der Waals surface area contributed by atoms with Gasteiger partial charge in [-0.3, -0.25) is 0 Å². The Morgan fingerprint density at radius 3 is 2.22 bits per heavy atom. The number of methoxy groups -OCH3 is 1. The first-order chi connectivity index (χ1) is 10.9. The predicted molar refractivity (Wildman–Crippen MR) is 85.3 cm³/mol. The first-order valence-corrected chi connectivity index (χ1v) is 7.45. The molecule has 23 heavy (non-hydrogen) atoms. The molecule has 5 heteroatoms. The number of ether oxygens (including phenoxy) is 1. The van der Waals surface area contributed by atoms with Crippen LogP contribution in [0.1, 0.15) is 37.1 Å². The lowest BCUT2D eigenvalue weighted by Gasteiger charge is -2.25. The highest BCUT2D eigenvalue weighted by Crippen LogP contribution is 2.24. The van der Waals surface area contributed by atoms with Crippen molar-refractivity contribution < 1.29 is 18.6 Å². The maximum atomic E-state index is 13.5. The number of hydrogen-bond acceptors (Lipinski definition) is 3. The van der Waals surface area contributed by atoms with Crippen LogP contribution >= 0.6 is 0 Å². The Morgan fingerprint density at radius 1 is 1.00 bits per heavy atom. The van der Waals surface area contributed by atoms with E-state index in [-0.39, 0.29) is 23.7 Å². The molecule has 0 radical (unpaired) electrons. The second-order valence-electron chi connectivity index (χ2n) is 5.57. The molecule has 2 aromatic rings. The average Bonchev–Trinajstić information content (AvgIpc) is 2.55. The summed E-state index contributed by atoms with van der Waals surface area (Å²) >= 11 is 0. The molecular formula is C18H21F2NO2. The lowest BCUT2D eigenvalue weighted by molar-refractivity contribution is 0.130. The van der Waals surface area contributed by atoms with E-state index < -0.39 is 11.9 Å². The van der Waals surface area contributed by atoms with E-state index in [1.165, 1.54) is 25.3 Å². The van der Waals surface area contributed by atoms with Gasteiger partial charge in [0.2, 0.25) is 0 Å². The van der Waals surface area contributed by atoms with Crippen LogP contribution in [0.25, 0.3) is 0 Å². The molecule has 0 aliphatic rings. The largest absolute Gasteiger partial charge is 0.494 e. The fourth-order valence-corrected chi connectivity index (χ4v) is 2.48. The van der Waals surface area contributed by atoms with Crippen LogP contribution < -0.4 is 10.1 Å². The van der Waals surface area contributed by atoms with Crippen molar-refractivity contribution in [2.45, 2.75) is 32.0 Å². The van der Waals surface area contributed by atoms with Gasteiger partial charge in [0.05, 0.1) is 13.2 Å². The van der Waals surface area contributed by atoms with Crippen molar-refractivity contribution in [3.8, 4) is 5.75 Å². The van der Waals surface area contributed by atoms with E-state index in [4.69, 9.17) is 4.74 Å². The van der Waals surface area contributed by atoms with Crippen molar-refractivity contribution in [1.82, 2.24) is 5.32 Å². The molecular weight excluding hydrogens is 300 g/mol. The van der Waals surface area contributed by atoms with E-state index in [0.717, 1.165) is 5.56 Å². The first-order valence-electron chi connectivity index (χ1n) is 7.45. The number of nitrogens with one attached hydrogen (secondary N) is 1. The van der Waals surface area contributed by atoms with Crippen LogP contribution in [-0.2, 0) is 0 Å². The predicted octanol–water partition coefficient (Wildman–Crippen LogP) is 3.75. The average molecular weight is 321 g/mol. The van der Waals surface area contributed by atoms with E-state index in [1.54, 1.807) is 24.3 Å². The quantitative estimate of drug-likeness (QED) is 0.851. The third-order valence-corrected chi connectivity index (χ3v) is 3.87. The van der Waals surface area contributed by atoms with Gasteiger partial charge in [0.1, 0.15) is 5.82 Å². The molecule has 0 aliphatic carbocycles. The zero-order valence-electron chi connectivity index (χ0n) is 13.4. The van der Waals surface area contributed by atoms with E-state index in [0.29, 0.717) is 5.56 Å². The smallest absolute Gasteiger partial charge is 0.165 e. The van der Waals surface area contributed by atoms with Gasteiger partial charge in [-0.05, 0) is 49.2 Å². The van der Waals surface area contributed by atoms with Crippen LogP contribution in [0.4, 0.5) is 8.78 Å². The molecule has 3 atom stereocenters. The van der Waals surface area contributed by atoms with Gasteiger partial charge in [-0.1, -0.05) is 18.2 Å².